The molecule has 0 heterocycles. The summed E-state index contributed by atoms with van der Waals surface area (Å²) in [6.07, 6.45) is 0. The van der Waals surface area contributed by atoms with E-state index in [1.165, 1.54) is 0 Å². The van der Waals surface area contributed by atoms with Gasteiger partial charge in [-0.15, -0.1) is 24.8 Å². The maximum absolute atomic E-state index is 12.5. The van der Waals surface area contributed by atoms with E-state index in [1.54, 1.807) is 6.92 Å². The number of para-hydroxylation sites is 1. The number of benzene rings is 2. The van der Waals surface area contributed by atoms with Gasteiger partial charge in [-0.2, -0.15) is 0 Å². The summed E-state index contributed by atoms with van der Waals surface area (Å²) in [6, 6.07) is 19.7. The minimum Gasteiger partial charge on any atom is -0.370 e. The smallest absolute Gasteiger partial charge is 0.244 e. The molecule has 2 unspecified atom stereocenters. The Bertz CT molecular complexity index is 636. The normalized spacial score (nSPS) is 13.4. The first kappa shape index (κ1) is 23.2. The number of nitrogens with one attached hydrogen (secondary N) is 1. The Morgan fingerprint density at radius 3 is 2.08 bits per heavy atom. The van der Waals surface area contributed by atoms with E-state index in [-0.39, 0.29) is 36.8 Å². The van der Waals surface area contributed by atoms with Crippen LogP contribution in [-0.4, -0.2) is 25.5 Å². The molecule has 0 aliphatic carbocycles. The van der Waals surface area contributed by atoms with Gasteiger partial charge in [0.05, 0.1) is 0 Å². The van der Waals surface area contributed by atoms with Crippen LogP contribution in [-0.2, 0) is 10.3 Å². The monoisotopic (exact) mass is 383 g/mol. The predicted octanol–water partition coefficient (Wildman–Crippen LogP) is 3.35. The summed E-state index contributed by atoms with van der Waals surface area (Å²) >= 11 is 0. The number of halogens is 2. The van der Waals surface area contributed by atoms with Gasteiger partial charge < -0.3 is 16.0 Å². The van der Waals surface area contributed by atoms with Gasteiger partial charge in [0.1, 0.15) is 5.54 Å². The number of amides is 1. The van der Waals surface area contributed by atoms with E-state index in [0.29, 0.717) is 6.54 Å². The Hall–Kier alpha value is -1.75. The number of anilines is 1. The minimum absolute atomic E-state index is 0. The van der Waals surface area contributed by atoms with Gasteiger partial charge >= 0.3 is 0 Å². The van der Waals surface area contributed by atoms with Crippen LogP contribution in [0.25, 0.3) is 0 Å². The molecule has 0 aliphatic heterocycles. The fourth-order valence-electron chi connectivity index (χ4n) is 2.39. The number of nitrogens with zero attached hydrogens (tertiary/aromatic N) is 1. The highest BCUT2D eigenvalue weighted by Gasteiger charge is 2.30. The van der Waals surface area contributed by atoms with E-state index < -0.39 is 5.54 Å². The molecule has 6 heteroatoms. The summed E-state index contributed by atoms with van der Waals surface area (Å²) in [7, 11) is 2.02. The molecule has 0 aromatic heterocycles. The lowest BCUT2D eigenvalue weighted by atomic mass is 9.92. The summed E-state index contributed by atoms with van der Waals surface area (Å²) in [6.45, 7) is 4.34. The second-order valence-electron chi connectivity index (χ2n) is 6.07. The molecular formula is C19H27Cl2N3O. The number of rotatable bonds is 6. The van der Waals surface area contributed by atoms with E-state index >= 15 is 0 Å². The van der Waals surface area contributed by atoms with Gasteiger partial charge in [0, 0.05) is 25.3 Å². The van der Waals surface area contributed by atoms with Gasteiger partial charge in [0.15, 0.2) is 0 Å². The van der Waals surface area contributed by atoms with Gasteiger partial charge in [0.2, 0.25) is 5.91 Å². The summed E-state index contributed by atoms with van der Waals surface area (Å²) in [5.74, 6) is -0.169. The van der Waals surface area contributed by atoms with Crippen molar-refractivity contribution in [3.05, 3.63) is 66.2 Å². The summed E-state index contributed by atoms with van der Waals surface area (Å²) in [4.78, 5) is 14.6. The van der Waals surface area contributed by atoms with Gasteiger partial charge in [-0.3, -0.25) is 4.79 Å². The molecular weight excluding hydrogens is 357 g/mol. The number of hydrogen-bond donors (Lipinski definition) is 2. The molecule has 0 fully saturated rings. The van der Waals surface area contributed by atoms with Gasteiger partial charge in [-0.1, -0.05) is 48.5 Å². The third-order valence-corrected chi connectivity index (χ3v) is 4.23. The minimum atomic E-state index is -1.04. The van der Waals surface area contributed by atoms with Crippen molar-refractivity contribution >= 4 is 36.4 Å². The van der Waals surface area contributed by atoms with Gasteiger partial charge in [-0.25, -0.2) is 0 Å². The number of likely N-dealkylation sites (N-methyl/N-ethyl adjacent to an activating group) is 1. The standard InChI is InChI=1S/C19H25N3O.2ClH/c1-15(22(3)17-12-8-5-9-13-17)14-21-18(23)19(2,20)16-10-6-4-7-11-16;;/h4-13,15H,14,20H2,1-3H3,(H,21,23);2*1H. The van der Waals surface area contributed by atoms with E-state index in [0.717, 1.165) is 11.3 Å². The zero-order chi connectivity index (χ0) is 16.9. The van der Waals surface area contributed by atoms with Crippen molar-refractivity contribution in [2.24, 2.45) is 5.73 Å². The third-order valence-electron chi connectivity index (χ3n) is 4.23. The molecule has 2 rings (SSSR count). The molecule has 0 saturated heterocycles. The molecule has 0 aliphatic rings. The Kier molecular flexibility index (Phi) is 9.57. The average Bonchev–Trinajstić information content (AvgIpc) is 2.60. The molecule has 4 nitrogen and oxygen atoms in total. The highest BCUT2D eigenvalue weighted by molar-refractivity contribution is 5.87. The predicted molar refractivity (Wildman–Crippen MR) is 110 cm³/mol. The third kappa shape index (κ3) is 5.92. The Morgan fingerprint density at radius 1 is 1.08 bits per heavy atom. The summed E-state index contributed by atoms with van der Waals surface area (Å²) < 4.78 is 0. The van der Waals surface area contributed by atoms with E-state index in [2.05, 4.69) is 29.3 Å². The molecule has 0 spiro atoms. The van der Waals surface area contributed by atoms with Crippen LogP contribution in [0, 0.1) is 0 Å². The molecule has 3 N–H and O–H groups in total. The number of nitrogens with two attached hydrogens (primary N) is 1. The molecule has 0 saturated carbocycles. The second-order valence-corrected chi connectivity index (χ2v) is 6.07. The molecule has 25 heavy (non-hydrogen) atoms. The Balaban J connectivity index is 0.00000288. The first-order valence-electron chi connectivity index (χ1n) is 7.83. The lowest BCUT2D eigenvalue weighted by Gasteiger charge is -2.29. The molecule has 0 bridgehead atoms. The Morgan fingerprint density at radius 2 is 1.56 bits per heavy atom. The van der Waals surface area contributed by atoms with Gasteiger partial charge in [-0.05, 0) is 31.5 Å². The van der Waals surface area contributed by atoms with Crippen molar-refractivity contribution in [1.82, 2.24) is 5.32 Å². The van der Waals surface area contributed by atoms with Crippen LogP contribution < -0.4 is 16.0 Å². The van der Waals surface area contributed by atoms with Crippen molar-refractivity contribution in [3.8, 4) is 0 Å². The SMILES string of the molecule is CC(CNC(=O)C(C)(N)c1ccccc1)N(C)c1ccccc1.Cl.Cl. The number of hydrogen-bond acceptors (Lipinski definition) is 3. The number of carbonyl (C=O) groups is 1. The van der Waals surface area contributed by atoms with Crippen molar-refractivity contribution < 1.29 is 4.79 Å². The van der Waals surface area contributed by atoms with Crippen LogP contribution in [0.1, 0.15) is 19.4 Å². The van der Waals surface area contributed by atoms with E-state index in [4.69, 9.17) is 5.73 Å². The van der Waals surface area contributed by atoms with E-state index in [1.807, 2.05) is 55.6 Å². The van der Waals surface area contributed by atoms with Crippen LogP contribution in [0.2, 0.25) is 0 Å². The Labute approximate surface area is 162 Å². The highest BCUT2D eigenvalue weighted by atomic mass is 35.5. The van der Waals surface area contributed by atoms with Crippen LogP contribution in [0.5, 0.6) is 0 Å². The van der Waals surface area contributed by atoms with Crippen molar-refractivity contribution in [2.45, 2.75) is 25.4 Å². The second kappa shape index (κ2) is 10.3. The van der Waals surface area contributed by atoms with Crippen LogP contribution in [0.15, 0.2) is 60.7 Å². The van der Waals surface area contributed by atoms with Crippen molar-refractivity contribution in [2.75, 3.05) is 18.5 Å². The molecule has 2 atom stereocenters. The van der Waals surface area contributed by atoms with Crippen LogP contribution in [0.4, 0.5) is 5.69 Å². The molecule has 2 aromatic rings. The van der Waals surface area contributed by atoms with Crippen LogP contribution in [0.3, 0.4) is 0 Å². The summed E-state index contributed by atoms with van der Waals surface area (Å²) in [5.41, 5.74) is 7.12. The zero-order valence-electron chi connectivity index (χ0n) is 14.8. The summed E-state index contributed by atoms with van der Waals surface area (Å²) in [5, 5.41) is 2.97. The fraction of sp³-hybridized carbons (Fsp3) is 0.316. The molecule has 0 radical (unpaired) electrons. The number of carbonyl (C=O) groups excluding carboxylic acids is 1. The fourth-order valence-corrected chi connectivity index (χ4v) is 2.39. The maximum atomic E-state index is 12.5. The quantitative estimate of drug-likeness (QED) is 0.803. The zero-order valence-corrected chi connectivity index (χ0v) is 16.4. The average molecular weight is 384 g/mol. The van der Waals surface area contributed by atoms with Crippen molar-refractivity contribution in [1.29, 1.82) is 0 Å². The molecule has 138 valence electrons. The van der Waals surface area contributed by atoms with E-state index in [9.17, 15) is 4.79 Å². The largest absolute Gasteiger partial charge is 0.370 e. The molecule has 1 amide bonds. The molecule has 2 aromatic carbocycles. The maximum Gasteiger partial charge on any atom is 0.244 e. The first-order valence-corrected chi connectivity index (χ1v) is 7.83. The first-order chi connectivity index (χ1) is 10.9. The van der Waals surface area contributed by atoms with Crippen molar-refractivity contribution in [3.63, 3.8) is 0 Å². The topological polar surface area (TPSA) is 58.4 Å². The lowest BCUT2D eigenvalue weighted by Crippen LogP contribution is -2.51. The van der Waals surface area contributed by atoms with Crippen LogP contribution >= 0.6 is 24.8 Å². The lowest BCUT2D eigenvalue weighted by molar-refractivity contribution is -0.126. The van der Waals surface area contributed by atoms with Gasteiger partial charge in [0.25, 0.3) is 0 Å². The highest BCUT2D eigenvalue weighted by Crippen LogP contribution is 2.18.